The summed E-state index contributed by atoms with van der Waals surface area (Å²) in [5, 5.41) is 5.58. The first-order valence-corrected chi connectivity index (χ1v) is 9.02. The molecule has 7 heteroatoms. The second-order valence-corrected chi connectivity index (χ2v) is 7.34. The molecule has 0 saturated carbocycles. The van der Waals surface area contributed by atoms with E-state index < -0.39 is 18.2 Å². The molecule has 1 aromatic carbocycles. The number of benzene rings is 1. The predicted octanol–water partition coefficient (Wildman–Crippen LogP) is 1.43. The van der Waals surface area contributed by atoms with Crippen molar-refractivity contribution in [2.24, 2.45) is 5.92 Å². The molecule has 2 saturated heterocycles. The molecule has 7 nitrogen and oxygen atoms in total. The van der Waals surface area contributed by atoms with Gasteiger partial charge in [0.05, 0.1) is 6.04 Å². The summed E-state index contributed by atoms with van der Waals surface area (Å²) in [7, 11) is 0. The average Bonchev–Trinajstić information content (AvgIpc) is 3.03. The van der Waals surface area contributed by atoms with Gasteiger partial charge >= 0.3 is 6.09 Å². The molecule has 3 atom stereocenters. The minimum Gasteiger partial charge on any atom is -0.445 e. The number of ether oxygens (including phenoxy) is 1. The molecule has 140 valence electrons. The third-order valence-corrected chi connectivity index (χ3v) is 4.74. The molecule has 3 amide bonds. The number of hydrogen-bond acceptors (Lipinski definition) is 4. The van der Waals surface area contributed by atoms with Crippen LogP contribution in [0.5, 0.6) is 0 Å². The molecule has 3 rings (SSSR count). The Kier molecular flexibility index (Phi) is 5.44. The van der Waals surface area contributed by atoms with Gasteiger partial charge in [0.2, 0.25) is 11.8 Å². The highest BCUT2D eigenvalue weighted by atomic mass is 16.5. The summed E-state index contributed by atoms with van der Waals surface area (Å²) in [6, 6.07) is 8.14. The number of carbonyl (C=O) groups excluding carboxylic acids is 3. The number of hydrogen-bond donors (Lipinski definition) is 2. The monoisotopic (exact) mass is 359 g/mol. The van der Waals surface area contributed by atoms with Crippen molar-refractivity contribution in [1.82, 2.24) is 15.5 Å². The molecule has 0 aliphatic carbocycles. The molecular weight excluding hydrogens is 334 g/mol. The lowest BCUT2D eigenvalue weighted by Crippen LogP contribution is -2.61. The van der Waals surface area contributed by atoms with Crippen LogP contribution in [-0.2, 0) is 20.9 Å². The molecule has 2 N–H and O–H groups in total. The van der Waals surface area contributed by atoms with E-state index in [-0.39, 0.29) is 24.5 Å². The SMILES string of the molecule is CC(C)C[C@@H]1NC(=O)[C@@H]2C[C@H](NC(=O)OCc3ccccc3)CN2C1=O. The number of piperazine rings is 1. The number of alkyl carbamates (subject to hydrolysis) is 1. The summed E-state index contributed by atoms with van der Waals surface area (Å²) in [4.78, 5) is 38.5. The molecule has 0 aromatic heterocycles. The van der Waals surface area contributed by atoms with Crippen LogP contribution >= 0.6 is 0 Å². The smallest absolute Gasteiger partial charge is 0.407 e. The summed E-state index contributed by atoms with van der Waals surface area (Å²) in [6.45, 7) is 4.56. The number of rotatable bonds is 5. The lowest BCUT2D eigenvalue weighted by molar-refractivity contribution is -0.147. The number of carbonyl (C=O) groups is 3. The topological polar surface area (TPSA) is 87.7 Å². The van der Waals surface area contributed by atoms with E-state index >= 15 is 0 Å². The summed E-state index contributed by atoms with van der Waals surface area (Å²) in [6.07, 6.45) is 0.488. The fourth-order valence-electron chi connectivity index (χ4n) is 3.53. The zero-order valence-corrected chi connectivity index (χ0v) is 15.1. The van der Waals surface area contributed by atoms with Crippen molar-refractivity contribution in [2.75, 3.05) is 6.54 Å². The van der Waals surface area contributed by atoms with Gasteiger partial charge in [-0.2, -0.15) is 0 Å². The Balaban J connectivity index is 1.53. The lowest BCUT2D eigenvalue weighted by atomic mass is 9.99. The van der Waals surface area contributed by atoms with Crippen LogP contribution in [-0.4, -0.2) is 47.5 Å². The van der Waals surface area contributed by atoms with E-state index in [1.54, 1.807) is 4.90 Å². The van der Waals surface area contributed by atoms with E-state index in [1.165, 1.54) is 0 Å². The van der Waals surface area contributed by atoms with E-state index in [4.69, 9.17) is 4.74 Å². The minimum absolute atomic E-state index is 0.0646. The van der Waals surface area contributed by atoms with Crippen LogP contribution in [0.15, 0.2) is 30.3 Å². The second kappa shape index (κ2) is 7.76. The van der Waals surface area contributed by atoms with Gasteiger partial charge in [0, 0.05) is 6.54 Å². The maximum Gasteiger partial charge on any atom is 0.407 e. The number of nitrogens with zero attached hydrogens (tertiary/aromatic N) is 1. The number of fused-ring (bicyclic) bond motifs is 1. The predicted molar refractivity (Wildman–Crippen MR) is 95.1 cm³/mol. The Labute approximate surface area is 153 Å². The number of nitrogens with one attached hydrogen (secondary N) is 2. The average molecular weight is 359 g/mol. The Morgan fingerprint density at radius 3 is 2.73 bits per heavy atom. The van der Waals surface area contributed by atoms with E-state index in [9.17, 15) is 14.4 Å². The zero-order valence-electron chi connectivity index (χ0n) is 15.1. The van der Waals surface area contributed by atoms with Crippen molar-refractivity contribution in [3.63, 3.8) is 0 Å². The van der Waals surface area contributed by atoms with Gasteiger partial charge in [-0.25, -0.2) is 4.79 Å². The van der Waals surface area contributed by atoms with Crippen molar-refractivity contribution >= 4 is 17.9 Å². The highest BCUT2D eigenvalue weighted by molar-refractivity contribution is 5.97. The second-order valence-electron chi connectivity index (χ2n) is 7.34. The van der Waals surface area contributed by atoms with Crippen LogP contribution in [0, 0.1) is 5.92 Å². The minimum atomic E-state index is -0.537. The first-order valence-electron chi connectivity index (χ1n) is 9.02. The maximum absolute atomic E-state index is 12.6. The molecule has 1 aromatic rings. The zero-order chi connectivity index (χ0) is 18.7. The normalized spacial score (nSPS) is 25.0. The summed E-state index contributed by atoms with van der Waals surface area (Å²) < 4.78 is 5.22. The fourth-order valence-corrected chi connectivity index (χ4v) is 3.53. The maximum atomic E-state index is 12.6. The van der Waals surface area contributed by atoms with Gasteiger partial charge in [-0.1, -0.05) is 44.2 Å². The largest absolute Gasteiger partial charge is 0.445 e. The van der Waals surface area contributed by atoms with Gasteiger partial charge in [0.25, 0.3) is 0 Å². The fraction of sp³-hybridized carbons (Fsp3) is 0.526. The highest BCUT2D eigenvalue weighted by Crippen LogP contribution is 2.24. The van der Waals surface area contributed by atoms with Gasteiger partial charge in [0.1, 0.15) is 18.7 Å². The molecule has 0 spiro atoms. The molecule has 2 aliphatic heterocycles. The van der Waals surface area contributed by atoms with Crippen LogP contribution in [0.4, 0.5) is 4.79 Å². The Morgan fingerprint density at radius 1 is 1.31 bits per heavy atom. The first-order chi connectivity index (χ1) is 12.4. The third-order valence-electron chi connectivity index (χ3n) is 4.74. The van der Waals surface area contributed by atoms with Crippen molar-refractivity contribution in [2.45, 2.75) is 51.4 Å². The highest BCUT2D eigenvalue weighted by Gasteiger charge is 2.46. The molecule has 0 radical (unpaired) electrons. The molecule has 2 aliphatic rings. The standard InChI is InChI=1S/C19H25N3O4/c1-12(2)8-15-18(24)22-10-14(9-16(22)17(23)21-15)20-19(25)26-11-13-6-4-3-5-7-13/h3-7,12,14-16H,8-11H2,1-2H3,(H,20,25)(H,21,23)/t14-,15-,16-/m0/s1. The summed E-state index contributed by atoms with van der Waals surface area (Å²) in [5.41, 5.74) is 0.901. The van der Waals surface area contributed by atoms with Crippen molar-refractivity contribution < 1.29 is 19.1 Å². The third kappa shape index (κ3) is 4.15. The van der Waals surface area contributed by atoms with E-state index in [0.29, 0.717) is 25.3 Å². The lowest BCUT2D eigenvalue weighted by Gasteiger charge is -2.35. The Morgan fingerprint density at radius 2 is 2.04 bits per heavy atom. The van der Waals surface area contributed by atoms with Crippen LogP contribution < -0.4 is 10.6 Å². The molecule has 2 fully saturated rings. The molecule has 0 bridgehead atoms. The van der Waals surface area contributed by atoms with Crippen molar-refractivity contribution in [3.05, 3.63) is 35.9 Å². The summed E-state index contributed by atoms with van der Waals surface area (Å²) >= 11 is 0. The van der Waals surface area contributed by atoms with Crippen molar-refractivity contribution in [1.29, 1.82) is 0 Å². The van der Waals surface area contributed by atoms with Gasteiger partial charge < -0.3 is 20.3 Å². The van der Waals surface area contributed by atoms with Crippen LogP contribution in [0.1, 0.15) is 32.3 Å². The van der Waals surface area contributed by atoms with Gasteiger partial charge in [-0.3, -0.25) is 9.59 Å². The van der Waals surface area contributed by atoms with Crippen molar-refractivity contribution in [3.8, 4) is 0 Å². The Bertz CT molecular complexity index is 677. The number of amides is 3. The van der Waals surface area contributed by atoms with Crippen LogP contribution in [0.2, 0.25) is 0 Å². The van der Waals surface area contributed by atoms with Crippen LogP contribution in [0.25, 0.3) is 0 Å². The van der Waals surface area contributed by atoms with E-state index in [2.05, 4.69) is 10.6 Å². The van der Waals surface area contributed by atoms with E-state index in [0.717, 1.165) is 5.56 Å². The molecule has 26 heavy (non-hydrogen) atoms. The van der Waals surface area contributed by atoms with Gasteiger partial charge in [-0.05, 0) is 24.3 Å². The van der Waals surface area contributed by atoms with Crippen LogP contribution in [0.3, 0.4) is 0 Å². The molecule has 2 heterocycles. The van der Waals surface area contributed by atoms with Gasteiger partial charge in [-0.15, -0.1) is 0 Å². The Hall–Kier alpha value is -2.57. The quantitative estimate of drug-likeness (QED) is 0.832. The van der Waals surface area contributed by atoms with E-state index in [1.807, 2.05) is 44.2 Å². The molecule has 0 unspecified atom stereocenters. The van der Waals surface area contributed by atoms with Gasteiger partial charge in [0.15, 0.2) is 0 Å². The molecular formula is C19H25N3O4. The first kappa shape index (κ1) is 18.2. The summed E-state index contributed by atoms with van der Waals surface area (Å²) in [5.74, 6) is 0.104.